The second kappa shape index (κ2) is 3.13. The van der Waals surface area contributed by atoms with Crippen LogP contribution < -0.4 is 0 Å². The zero-order chi connectivity index (χ0) is 9.19. The molecule has 0 radical (unpaired) electrons. The molecule has 1 amide bonds. The Bertz CT molecular complexity index is 198. The van der Waals surface area contributed by atoms with Crippen molar-refractivity contribution in [3.8, 4) is 0 Å². The number of carbonyl (C=O) groups is 2. The highest BCUT2D eigenvalue weighted by Gasteiger charge is 2.54. The second-order valence-corrected chi connectivity index (χ2v) is 3.14. The first-order valence-electron chi connectivity index (χ1n) is 4.13. The minimum absolute atomic E-state index is 0.538. The molecule has 0 saturated heterocycles. The summed E-state index contributed by atoms with van der Waals surface area (Å²) < 4.78 is 0. The smallest absolute Gasteiger partial charge is 0.329 e. The normalized spacial score (nSPS) is 18.4. The molecule has 0 bridgehead atoms. The van der Waals surface area contributed by atoms with Crippen LogP contribution in [0.2, 0.25) is 0 Å². The molecule has 68 valence electrons. The van der Waals surface area contributed by atoms with Gasteiger partial charge in [0.15, 0.2) is 0 Å². The van der Waals surface area contributed by atoms with Crippen molar-refractivity contribution >= 4 is 12.4 Å². The zero-order valence-electron chi connectivity index (χ0n) is 7.12. The molecule has 0 spiro atoms. The fourth-order valence-corrected chi connectivity index (χ4v) is 1.35. The lowest BCUT2D eigenvalue weighted by molar-refractivity contribution is -0.148. The predicted octanol–water partition coefficient (Wildman–Crippen LogP) is 0.472. The van der Waals surface area contributed by atoms with Crippen LogP contribution in [0.1, 0.15) is 26.2 Å². The van der Waals surface area contributed by atoms with E-state index < -0.39 is 11.5 Å². The third-order valence-electron chi connectivity index (χ3n) is 2.26. The first-order chi connectivity index (χ1) is 5.67. The molecule has 1 rings (SSSR count). The van der Waals surface area contributed by atoms with E-state index in [4.69, 9.17) is 5.11 Å². The molecule has 12 heavy (non-hydrogen) atoms. The predicted molar refractivity (Wildman–Crippen MR) is 42.7 cm³/mol. The molecular formula is C8H13NO3. The van der Waals surface area contributed by atoms with Gasteiger partial charge in [-0.1, -0.05) is 6.92 Å². The number of hydrogen-bond acceptors (Lipinski definition) is 2. The molecule has 0 heterocycles. The van der Waals surface area contributed by atoms with Gasteiger partial charge in [-0.2, -0.15) is 0 Å². The maximum Gasteiger partial charge on any atom is 0.329 e. The van der Waals surface area contributed by atoms with Crippen LogP contribution in [0.25, 0.3) is 0 Å². The van der Waals surface area contributed by atoms with E-state index in [-0.39, 0.29) is 0 Å². The van der Waals surface area contributed by atoms with Gasteiger partial charge in [0, 0.05) is 6.54 Å². The highest BCUT2D eigenvalue weighted by atomic mass is 16.4. The van der Waals surface area contributed by atoms with Gasteiger partial charge in [0.25, 0.3) is 0 Å². The molecule has 0 unspecified atom stereocenters. The number of carbonyl (C=O) groups excluding carboxylic acids is 1. The second-order valence-electron chi connectivity index (χ2n) is 3.14. The molecule has 0 atom stereocenters. The molecule has 0 aromatic heterocycles. The molecule has 1 N–H and O–H groups in total. The molecule has 1 saturated carbocycles. The number of aliphatic carboxylic acids is 1. The van der Waals surface area contributed by atoms with Crippen LogP contribution in [-0.4, -0.2) is 34.5 Å². The minimum Gasteiger partial charge on any atom is -0.479 e. The van der Waals surface area contributed by atoms with Gasteiger partial charge in [0.05, 0.1) is 0 Å². The van der Waals surface area contributed by atoms with Crippen molar-refractivity contribution in [2.45, 2.75) is 31.7 Å². The number of carboxylic acid groups (broad SMARTS) is 1. The van der Waals surface area contributed by atoms with Gasteiger partial charge in [-0.05, 0) is 19.3 Å². The fourth-order valence-electron chi connectivity index (χ4n) is 1.35. The quantitative estimate of drug-likeness (QED) is 0.612. The van der Waals surface area contributed by atoms with Gasteiger partial charge >= 0.3 is 5.97 Å². The summed E-state index contributed by atoms with van der Waals surface area (Å²) in [6.45, 7) is 2.46. The largest absolute Gasteiger partial charge is 0.479 e. The Morgan fingerprint density at radius 2 is 2.25 bits per heavy atom. The number of hydrogen-bond donors (Lipinski definition) is 1. The van der Waals surface area contributed by atoms with Gasteiger partial charge in [-0.3, -0.25) is 4.79 Å². The summed E-state index contributed by atoms with van der Waals surface area (Å²) in [5, 5.41) is 8.83. The van der Waals surface area contributed by atoms with Gasteiger partial charge in [0.2, 0.25) is 6.41 Å². The van der Waals surface area contributed by atoms with E-state index in [0.717, 1.165) is 6.42 Å². The standard InChI is InChI=1S/C8H13NO3/c1-2-5-9(6-10)8(3-4-8)7(11)12/h6H,2-5H2,1H3,(H,11,12). The number of carboxylic acids is 1. The third-order valence-corrected chi connectivity index (χ3v) is 2.26. The lowest BCUT2D eigenvalue weighted by atomic mass is 10.2. The first kappa shape index (κ1) is 9.03. The summed E-state index contributed by atoms with van der Waals surface area (Å²) in [4.78, 5) is 22.7. The molecule has 0 aromatic rings. The van der Waals surface area contributed by atoms with Crippen LogP contribution in [0.15, 0.2) is 0 Å². The van der Waals surface area contributed by atoms with Gasteiger partial charge < -0.3 is 10.0 Å². The van der Waals surface area contributed by atoms with Crippen LogP contribution in [-0.2, 0) is 9.59 Å². The van der Waals surface area contributed by atoms with Crippen LogP contribution in [0.5, 0.6) is 0 Å². The van der Waals surface area contributed by atoms with Gasteiger partial charge in [-0.25, -0.2) is 4.79 Å². The monoisotopic (exact) mass is 171 g/mol. The molecule has 4 heteroatoms. The maximum atomic E-state index is 10.8. The number of amides is 1. The fraction of sp³-hybridized carbons (Fsp3) is 0.750. The van der Waals surface area contributed by atoms with Crippen molar-refractivity contribution in [2.24, 2.45) is 0 Å². The number of rotatable bonds is 5. The highest BCUT2D eigenvalue weighted by molar-refractivity contribution is 5.84. The lowest BCUT2D eigenvalue weighted by Gasteiger charge is -2.23. The van der Waals surface area contributed by atoms with E-state index >= 15 is 0 Å². The van der Waals surface area contributed by atoms with Crippen LogP contribution in [0, 0.1) is 0 Å². The van der Waals surface area contributed by atoms with Crippen molar-refractivity contribution in [1.82, 2.24) is 4.90 Å². The lowest BCUT2D eigenvalue weighted by Crippen LogP contribution is -2.43. The summed E-state index contributed by atoms with van der Waals surface area (Å²) in [6, 6.07) is 0. The Balaban J connectivity index is 2.64. The molecule has 4 nitrogen and oxygen atoms in total. The summed E-state index contributed by atoms with van der Waals surface area (Å²) in [5.41, 5.74) is -0.849. The van der Waals surface area contributed by atoms with Crippen molar-refractivity contribution in [3.63, 3.8) is 0 Å². The van der Waals surface area contributed by atoms with Gasteiger partial charge in [-0.15, -0.1) is 0 Å². The van der Waals surface area contributed by atoms with E-state index in [2.05, 4.69) is 0 Å². The molecular weight excluding hydrogens is 158 g/mol. The molecule has 1 aliphatic rings. The Hall–Kier alpha value is -1.06. The van der Waals surface area contributed by atoms with E-state index in [1.807, 2.05) is 6.92 Å². The Labute approximate surface area is 71.2 Å². The number of nitrogens with zero attached hydrogens (tertiary/aromatic N) is 1. The van der Waals surface area contributed by atoms with E-state index in [1.54, 1.807) is 0 Å². The van der Waals surface area contributed by atoms with Crippen LogP contribution in [0.3, 0.4) is 0 Å². The minimum atomic E-state index is -0.872. The zero-order valence-corrected chi connectivity index (χ0v) is 7.12. The van der Waals surface area contributed by atoms with Crippen molar-refractivity contribution < 1.29 is 14.7 Å². The van der Waals surface area contributed by atoms with E-state index in [9.17, 15) is 9.59 Å². The average Bonchev–Trinajstić information content (AvgIpc) is 2.80. The van der Waals surface area contributed by atoms with E-state index in [1.165, 1.54) is 4.90 Å². The topological polar surface area (TPSA) is 57.6 Å². The van der Waals surface area contributed by atoms with Gasteiger partial charge in [0.1, 0.15) is 5.54 Å². The third kappa shape index (κ3) is 1.29. The summed E-state index contributed by atoms with van der Waals surface area (Å²) in [7, 11) is 0. The van der Waals surface area contributed by atoms with Crippen molar-refractivity contribution in [1.29, 1.82) is 0 Å². The molecule has 0 aliphatic heterocycles. The summed E-state index contributed by atoms with van der Waals surface area (Å²) >= 11 is 0. The Morgan fingerprint density at radius 1 is 1.67 bits per heavy atom. The Morgan fingerprint density at radius 3 is 2.50 bits per heavy atom. The maximum absolute atomic E-state index is 10.8. The Kier molecular flexibility index (Phi) is 2.35. The van der Waals surface area contributed by atoms with Crippen molar-refractivity contribution in [2.75, 3.05) is 6.54 Å². The molecule has 0 aromatic carbocycles. The van der Waals surface area contributed by atoms with E-state index in [0.29, 0.717) is 25.8 Å². The highest BCUT2D eigenvalue weighted by Crippen LogP contribution is 2.41. The summed E-state index contributed by atoms with van der Waals surface area (Å²) in [5.74, 6) is -0.872. The average molecular weight is 171 g/mol. The van der Waals surface area contributed by atoms with Crippen molar-refractivity contribution in [3.05, 3.63) is 0 Å². The SMILES string of the molecule is CCCN(C=O)C1(C(=O)O)CC1. The molecule has 1 fully saturated rings. The van der Waals surface area contributed by atoms with Crippen LogP contribution >= 0.6 is 0 Å². The molecule has 1 aliphatic carbocycles. The summed E-state index contributed by atoms with van der Waals surface area (Å²) in [6.07, 6.45) is 2.64. The first-order valence-corrected chi connectivity index (χ1v) is 4.13. The van der Waals surface area contributed by atoms with Crippen LogP contribution in [0.4, 0.5) is 0 Å².